The fraction of sp³-hybridized carbons (Fsp3) is 0.824. The van der Waals surface area contributed by atoms with Crippen molar-refractivity contribution in [3.05, 3.63) is 0 Å². The molecule has 6 heteroatoms. The van der Waals surface area contributed by atoms with Gasteiger partial charge in [-0.25, -0.2) is 4.79 Å². The van der Waals surface area contributed by atoms with Gasteiger partial charge in [-0.05, 0) is 31.1 Å². The molecule has 128 valence electrons. The molecule has 6 nitrogen and oxygen atoms in total. The second-order valence-corrected chi connectivity index (χ2v) is 7.57. The minimum atomic E-state index is -0.270. The van der Waals surface area contributed by atoms with Crippen LogP contribution in [0, 0.1) is 11.8 Å². The van der Waals surface area contributed by atoms with Crippen molar-refractivity contribution in [1.82, 2.24) is 14.7 Å². The minimum Gasteiger partial charge on any atom is -0.341 e. The molecule has 0 spiro atoms. The Labute approximate surface area is 137 Å². The van der Waals surface area contributed by atoms with Gasteiger partial charge in [-0.1, -0.05) is 26.7 Å². The van der Waals surface area contributed by atoms with Gasteiger partial charge >= 0.3 is 6.03 Å². The van der Waals surface area contributed by atoms with Crippen LogP contribution in [-0.2, 0) is 9.59 Å². The molecular weight excluding hydrogens is 294 g/mol. The van der Waals surface area contributed by atoms with Crippen LogP contribution < -0.4 is 0 Å². The number of nitrogens with zero attached hydrogens (tertiary/aromatic N) is 3. The molecule has 1 aliphatic carbocycles. The highest BCUT2D eigenvalue weighted by Gasteiger charge is 2.42. The van der Waals surface area contributed by atoms with E-state index >= 15 is 0 Å². The average Bonchev–Trinajstić information content (AvgIpc) is 3.09. The van der Waals surface area contributed by atoms with Crippen LogP contribution in [0.2, 0.25) is 0 Å². The van der Waals surface area contributed by atoms with Gasteiger partial charge in [-0.15, -0.1) is 0 Å². The molecule has 0 bridgehead atoms. The number of carbonyl (C=O) groups excluding carboxylic acids is 3. The summed E-state index contributed by atoms with van der Waals surface area (Å²) in [6, 6.07) is -0.0880. The Morgan fingerprint density at radius 3 is 2.30 bits per heavy atom. The monoisotopic (exact) mass is 321 g/mol. The number of likely N-dealkylation sites (tertiary alicyclic amines) is 1. The highest BCUT2D eigenvalue weighted by molar-refractivity contribution is 6.04. The van der Waals surface area contributed by atoms with Crippen molar-refractivity contribution >= 4 is 17.8 Å². The molecule has 3 fully saturated rings. The lowest BCUT2D eigenvalue weighted by molar-refractivity contribution is -0.138. The number of hydrogen-bond donors (Lipinski definition) is 0. The first kappa shape index (κ1) is 16.3. The Morgan fingerprint density at radius 2 is 1.70 bits per heavy atom. The molecule has 2 saturated heterocycles. The Balaban J connectivity index is 1.61. The molecule has 2 atom stereocenters. The molecule has 0 radical (unpaired) electrons. The predicted octanol–water partition coefficient (Wildman–Crippen LogP) is 1.70. The molecule has 0 N–H and O–H groups in total. The van der Waals surface area contributed by atoms with E-state index < -0.39 is 0 Å². The molecule has 23 heavy (non-hydrogen) atoms. The Hall–Kier alpha value is -1.59. The summed E-state index contributed by atoms with van der Waals surface area (Å²) in [7, 11) is 0. The summed E-state index contributed by atoms with van der Waals surface area (Å²) in [5.41, 5.74) is 0. The van der Waals surface area contributed by atoms with Crippen molar-refractivity contribution in [3.63, 3.8) is 0 Å². The third-order valence-corrected chi connectivity index (χ3v) is 5.36. The van der Waals surface area contributed by atoms with Crippen LogP contribution in [0.5, 0.6) is 0 Å². The zero-order valence-corrected chi connectivity index (χ0v) is 14.2. The summed E-state index contributed by atoms with van der Waals surface area (Å²) in [5, 5.41) is 0. The van der Waals surface area contributed by atoms with Gasteiger partial charge in [0.1, 0.15) is 13.1 Å². The van der Waals surface area contributed by atoms with Crippen LogP contribution >= 0.6 is 0 Å². The number of carbonyl (C=O) groups is 3. The van der Waals surface area contributed by atoms with E-state index in [-0.39, 0.29) is 37.0 Å². The molecule has 0 aromatic rings. The summed E-state index contributed by atoms with van der Waals surface area (Å²) in [4.78, 5) is 41.9. The first-order valence-corrected chi connectivity index (χ1v) is 8.84. The van der Waals surface area contributed by atoms with Gasteiger partial charge in [-0.3, -0.25) is 14.5 Å². The molecule has 0 aromatic carbocycles. The average molecular weight is 321 g/mol. The van der Waals surface area contributed by atoms with Crippen molar-refractivity contribution in [2.24, 2.45) is 11.8 Å². The van der Waals surface area contributed by atoms with E-state index in [2.05, 4.69) is 13.8 Å². The minimum absolute atomic E-state index is 0.0969. The van der Waals surface area contributed by atoms with Crippen molar-refractivity contribution in [1.29, 1.82) is 0 Å². The molecule has 2 aliphatic heterocycles. The number of hydrogen-bond acceptors (Lipinski definition) is 3. The normalized spacial score (nSPS) is 29.7. The molecule has 3 rings (SSSR count). The summed E-state index contributed by atoms with van der Waals surface area (Å²) in [6.45, 7) is 5.79. The summed E-state index contributed by atoms with van der Waals surface area (Å²) >= 11 is 0. The largest absolute Gasteiger partial charge is 0.341 e. The van der Waals surface area contributed by atoms with Gasteiger partial charge in [0.05, 0.1) is 0 Å². The Morgan fingerprint density at radius 1 is 1.09 bits per heavy atom. The fourth-order valence-electron chi connectivity index (χ4n) is 4.32. The smallest absolute Gasteiger partial charge is 0.327 e. The van der Waals surface area contributed by atoms with Crippen molar-refractivity contribution in [2.75, 3.05) is 26.2 Å². The summed E-state index contributed by atoms with van der Waals surface area (Å²) in [6.07, 6.45) is 5.31. The van der Waals surface area contributed by atoms with Crippen LogP contribution in [-0.4, -0.2) is 64.8 Å². The maximum atomic E-state index is 12.5. The molecular formula is C17H27N3O3. The molecule has 3 aliphatic rings. The molecule has 4 amide bonds. The number of imide groups is 1. The quantitative estimate of drug-likeness (QED) is 0.743. The third kappa shape index (κ3) is 3.35. The highest BCUT2D eigenvalue weighted by atomic mass is 16.2. The van der Waals surface area contributed by atoms with E-state index in [4.69, 9.17) is 0 Å². The standard InChI is InChI=1S/C17H27N3O3/c1-12-7-13(2)9-18(8-12)15(21)10-20-16(22)11-19(17(20)23)14-5-3-4-6-14/h12-14H,3-11H2,1-2H3. The van der Waals surface area contributed by atoms with Crippen LogP contribution in [0.1, 0.15) is 46.0 Å². The fourth-order valence-corrected chi connectivity index (χ4v) is 4.32. The van der Waals surface area contributed by atoms with Crippen LogP contribution in [0.15, 0.2) is 0 Å². The second kappa shape index (κ2) is 6.49. The topological polar surface area (TPSA) is 60.9 Å². The number of rotatable bonds is 3. The van der Waals surface area contributed by atoms with Crippen molar-refractivity contribution < 1.29 is 14.4 Å². The van der Waals surface area contributed by atoms with Crippen molar-refractivity contribution in [3.8, 4) is 0 Å². The number of urea groups is 1. The maximum absolute atomic E-state index is 12.5. The Kier molecular flexibility index (Phi) is 4.60. The molecule has 2 unspecified atom stereocenters. The van der Waals surface area contributed by atoms with E-state index in [1.807, 2.05) is 4.90 Å². The van der Waals surface area contributed by atoms with Gasteiger partial charge in [0.2, 0.25) is 5.91 Å². The first-order valence-electron chi connectivity index (χ1n) is 8.84. The van der Waals surface area contributed by atoms with Crippen LogP contribution in [0.3, 0.4) is 0 Å². The SMILES string of the molecule is CC1CC(C)CN(C(=O)CN2C(=O)CN(C3CCCC3)C2=O)C1. The van der Waals surface area contributed by atoms with Gasteiger partial charge < -0.3 is 9.80 Å². The van der Waals surface area contributed by atoms with E-state index in [1.165, 1.54) is 0 Å². The first-order chi connectivity index (χ1) is 11.0. The lowest BCUT2D eigenvalue weighted by Gasteiger charge is -2.35. The Bertz CT molecular complexity index is 491. The van der Waals surface area contributed by atoms with Gasteiger partial charge in [0.25, 0.3) is 5.91 Å². The number of amides is 4. The van der Waals surface area contributed by atoms with Crippen LogP contribution in [0.25, 0.3) is 0 Å². The molecule has 1 saturated carbocycles. The maximum Gasteiger partial charge on any atom is 0.327 e. The second-order valence-electron chi connectivity index (χ2n) is 7.57. The van der Waals surface area contributed by atoms with E-state index in [1.54, 1.807) is 4.90 Å². The lowest BCUT2D eigenvalue weighted by atomic mass is 9.92. The lowest BCUT2D eigenvalue weighted by Crippen LogP contribution is -2.48. The van der Waals surface area contributed by atoms with Crippen molar-refractivity contribution in [2.45, 2.75) is 52.0 Å². The summed E-state index contributed by atoms with van der Waals surface area (Å²) < 4.78 is 0. The van der Waals surface area contributed by atoms with Gasteiger partial charge in [0.15, 0.2) is 0 Å². The number of piperidine rings is 1. The molecule has 0 aromatic heterocycles. The van der Waals surface area contributed by atoms with Crippen LogP contribution in [0.4, 0.5) is 4.79 Å². The third-order valence-electron chi connectivity index (χ3n) is 5.36. The zero-order valence-electron chi connectivity index (χ0n) is 14.2. The van der Waals surface area contributed by atoms with E-state index in [0.717, 1.165) is 50.1 Å². The predicted molar refractivity (Wildman–Crippen MR) is 85.6 cm³/mol. The molecule has 2 heterocycles. The van der Waals surface area contributed by atoms with Gasteiger partial charge in [0, 0.05) is 19.1 Å². The van der Waals surface area contributed by atoms with E-state index in [0.29, 0.717) is 11.8 Å². The van der Waals surface area contributed by atoms with Gasteiger partial charge in [-0.2, -0.15) is 0 Å². The summed E-state index contributed by atoms with van der Waals surface area (Å²) in [5.74, 6) is 0.622. The van der Waals surface area contributed by atoms with E-state index in [9.17, 15) is 14.4 Å². The zero-order chi connectivity index (χ0) is 16.6. The highest BCUT2D eigenvalue weighted by Crippen LogP contribution is 2.27.